The smallest absolute Gasteiger partial charge is 0.254 e. The molecule has 1 saturated carbocycles. The minimum absolute atomic E-state index is 0.211. The maximum atomic E-state index is 13.3. The lowest BCUT2D eigenvalue weighted by atomic mass is 9.86. The van der Waals surface area contributed by atoms with E-state index in [4.69, 9.17) is 4.52 Å². The number of hydrogen-bond donors (Lipinski definition) is 0. The van der Waals surface area contributed by atoms with E-state index in [0.29, 0.717) is 17.9 Å². The zero-order chi connectivity index (χ0) is 20.3. The number of rotatable bonds is 5. The third-order valence-corrected chi connectivity index (χ3v) is 7.04. The summed E-state index contributed by atoms with van der Waals surface area (Å²) in [4.78, 5) is 22.5. The van der Waals surface area contributed by atoms with Crippen LogP contribution in [0.5, 0.6) is 0 Å². The number of nitrogens with zero attached hydrogens (tertiary/aromatic N) is 4. The molecule has 6 heteroatoms. The van der Waals surface area contributed by atoms with Crippen LogP contribution in [0.15, 0.2) is 34.9 Å². The first-order valence-electron chi connectivity index (χ1n) is 11.7. The predicted molar refractivity (Wildman–Crippen MR) is 114 cm³/mol. The molecule has 3 fully saturated rings. The molecule has 1 atom stereocenters. The summed E-state index contributed by atoms with van der Waals surface area (Å²) in [5, 5.41) is 4.14. The van der Waals surface area contributed by atoms with Gasteiger partial charge in [-0.25, -0.2) is 0 Å². The van der Waals surface area contributed by atoms with E-state index in [9.17, 15) is 4.79 Å². The molecular formula is C24H32N4O2. The average Bonchev–Trinajstić information content (AvgIpc) is 3.58. The van der Waals surface area contributed by atoms with Crippen LogP contribution in [0.25, 0.3) is 0 Å². The van der Waals surface area contributed by atoms with Gasteiger partial charge < -0.3 is 9.42 Å². The third kappa shape index (κ3) is 4.43. The van der Waals surface area contributed by atoms with Crippen LogP contribution >= 0.6 is 0 Å². The lowest BCUT2D eigenvalue weighted by Gasteiger charge is -2.40. The summed E-state index contributed by atoms with van der Waals surface area (Å²) in [6.07, 6.45) is 9.38. The van der Waals surface area contributed by atoms with Crippen molar-refractivity contribution in [3.05, 3.63) is 47.6 Å². The van der Waals surface area contributed by atoms with Crippen LogP contribution in [-0.4, -0.2) is 51.5 Å². The first-order valence-corrected chi connectivity index (χ1v) is 11.7. The van der Waals surface area contributed by atoms with Crippen molar-refractivity contribution in [1.29, 1.82) is 0 Å². The molecule has 1 amide bonds. The normalized spacial score (nSPS) is 24.0. The van der Waals surface area contributed by atoms with Crippen molar-refractivity contribution in [1.82, 2.24) is 19.9 Å². The first kappa shape index (κ1) is 19.7. The van der Waals surface area contributed by atoms with Crippen molar-refractivity contribution < 1.29 is 9.32 Å². The van der Waals surface area contributed by atoms with Crippen molar-refractivity contribution in [2.75, 3.05) is 19.6 Å². The SMILES string of the molecule is O=C(c1ccccc1)N1CCCCCC1C1CCN(Cc2nc(C3CC3)no2)CC1. The van der Waals surface area contributed by atoms with Gasteiger partial charge in [-0.3, -0.25) is 9.69 Å². The first-order chi connectivity index (χ1) is 14.8. The van der Waals surface area contributed by atoms with Crippen molar-refractivity contribution in [2.24, 2.45) is 5.92 Å². The van der Waals surface area contributed by atoms with Gasteiger partial charge in [0.05, 0.1) is 6.54 Å². The molecule has 30 heavy (non-hydrogen) atoms. The Bertz CT molecular complexity index is 840. The van der Waals surface area contributed by atoms with Crippen LogP contribution in [-0.2, 0) is 6.54 Å². The molecule has 160 valence electrons. The highest BCUT2D eigenvalue weighted by Gasteiger charge is 2.35. The van der Waals surface area contributed by atoms with E-state index in [-0.39, 0.29) is 5.91 Å². The lowest BCUT2D eigenvalue weighted by molar-refractivity contribution is 0.0506. The van der Waals surface area contributed by atoms with Crippen LogP contribution in [0.2, 0.25) is 0 Å². The fourth-order valence-corrected chi connectivity index (χ4v) is 5.15. The summed E-state index contributed by atoms with van der Waals surface area (Å²) in [7, 11) is 0. The highest BCUT2D eigenvalue weighted by molar-refractivity contribution is 5.94. The van der Waals surface area contributed by atoms with E-state index in [1.165, 1.54) is 25.7 Å². The Balaban J connectivity index is 1.21. The second-order valence-electron chi connectivity index (χ2n) is 9.22. The topological polar surface area (TPSA) is 62.5 Å². The maximum Gasteiger partial charge on any atom is 0.254 e. The number of piperidine rings is 1. The van der Waals surface area contributed by atoms with Gasteiger partial charge in [-0.1, -0.05) is 36.2 Å². The van der Waals surface area contributed by atoms with Crippen LogP contribution in [0, 0.1) is 5.92 Å². The van der Waals surface area contributed by atoms with Gasteiger partial charge in [0.1, 0.15) is 0 Å². The third-order valence-electron chi connectivity index (χ3n) is 7.04. The lowest BCUT2D eigenvalue weighted by Crippen LogP contribution is -2.47. The molecular weight excluding hydrogens is 376 g/mol. The van der Waals surface area contributed by atoms with E-state index >= 15 is 0 Å². The molecule has 1 aromatic heterocycles. The van der Waals surface area contributed by atoms with Gasteiger partial charge in [-0.05, 0) is 69.7 Å². The summed E-state index contributed by atoms with van der Waals surface area (Å²) in [5.74, 6) is 2.98. The molecule has 3 aliphatic rings. The summed E-state index contributed by atoms with van der Waals surface area (Å²) in [5.41, 5.74) is 0.824. The highest BCUT2D eigenvalue weighted by atomic mass is 16.5. The van der Waals surface area contributed by atoms with Gasteiger partial charge in [-0.15, -0.1) is 0 Å². The zero-order valence-electron chi connectivity index (χ0n) is 17.7. The van der Waals surface area contributed by atoms with Gasteiger partial charge in [-0.2, -0.15) is 4.98 Å². The quantitative estimate of drug-likeness (QED) is 0.740. The van der Waals surface area contributed by atoms with E-state index < -0.39 is 0 Å². The standard InChI is InChI=1S/C24H32N4O2/c29-24(20-7-3-1-4-8-20)28-14-6-2-5-9-21(28)18-12-15-27(16-13-18)17-22-25-23(26-30-22)19-10-11-19/h1,3-4,7-8,18-19,21H,2,5-6,9-17H2. The number of carbonyl (C=O) groups is 1. The van der Waals surface area contributed by atoms with Crippen molar-refractivity contribution in [2.45, 2.75) is 69.9 Å². The van der Waals surface area contributed by atoms with Crippen molar-refractivity contribution in [3.63, 3.8) is 0 Å². The number of carbonyl (C=O) groups excluding carboxylic acids is 1. The maximum absolute atomic E-state index is 13.3. The molecule has 2 aliphatic heterocycles. The molecule has 1 unspecified atom stereocenters. The van der Waals surface area contributed by atoms with Gasteiger partial charge in [0, 0.05) is 24.1 Å². The molecule has 1 aromatic carbocycles. The Hall–Kier alpha value is -2.21. The minimum Gasteiger partial charge on any atom is -0.338 e. The van der Waals surface area contributed by atoms with E-state index in [1.807, 2.05) is 30.3 Å². The second-order valence-corrected chi connectivity index (χ2v) is 9.22. The average molecular weight is 409 g/mol. The van der Waals surface area contributed by atoms with Crippen LogP contribution in [0.1, 0.15) is 79.4 Å². The number of likely N-dealkylation sites (tertiary alicyclic amines) is 2. The monoisotopic (exact) mass is 408 g/mol. The second kappa shape index (κ2) is 8.88. The van der Waals surface area contributed by atoms with Crippen LogP contribution in [0.3, 0.4) is 0 Å². The Morgan fingerprint density at radius 1 is 0.967 bits per heavy atom. The highest BCUT2D eigenvalue weighted by Crippen LogP contribution is 2.38. The van der Waals surface area contributed by atoms with E-state index in [1.54, 1.807) is 0 Å². The van der Waals surface area contributed by atoms with E-state index in [2.05, 4.69) is 19.9 Å². The van der Waals surface area contributed by atoms with Gasteiger partial charge in [0.2, 0.25) is 5.89 Å². The molecule has 2 aromatic rings. The number of amides is 1. The summed E-state index contributed by atoms with van der Waals surface area (Å²) < 4.78 is 5.47. The van der Waals surface area contributed by atoms with Gasteiger partial charge in [0.15, 0.2) is 5.82 Å². The summed E-state index contributed by atoms with van der Waals surface area (Å²) in [6, 6.07) is 10.2. The molecule has 1 aliphatic carbocycles. The summed E-state index contributed by atoms with van der Waals surface area (Å²) in [6.45, 7) is 3.72. The molecule has 6 nitrogen and oxygen atoms in total. The molecule has 0 spiro atoms. The van der Waals surface area contributed by atoms with Gasteiger partial charge >= 0.3 is 0 Å². The Kier molecular flexibility index (Phi) is 5.84. The van der Waals surface area contributed by atoms with Crippen LogP contribution < -0.4 is 0 Å². The van der Waals surface area contributed by atoms with Crippen molar-refractivity contribution in [3.8, 4) is 0 Å². The molecule has 5 rings (SSSR count). The molecule has 3 heterocycles. The predicted octanol–water partition coefficient (Wildman–Crippen LogP) is 4.24. The fourth-order valence-electron chi connectivity index (χ4n) is 5.15. The zero-order valence-corrected chi connectivity index (χ0v) is 17.7. The molecule has 0 bridgehead atoms. The molecule has 0 N–H and O–H groups in total. The molecule has 2 saturated heterocycles. The number of benzene rings is 1. The van der Waals surface area contributed by atoms with Gasteiger partial charge in [0.25, 0.3) is 5.91 Å². The fraction of sp³-hybridized carbons (Fsp3) is 0.625. The van der Waals surface area contributed by atoms with Crippen LogP contribution in [0.4, 0.5) is 0 Å². The van der Waals surface area contributed by atoms with E-state index in [0.717, 1.165) is 69.1 Å². The van der Waals surface area contributed by atoms with Crippen molar-refractivity contribution >= 4 is 5.91 Å². The summed E-state index contributed by atoms with van der Waals surface area (Å²) >= 11 is 0. The largest absolute Gasteiger partial charge is 0.338 e. The Labute approximate surface area is 178 Å². The molecule has 0 radical (unpaired) electrons. The Morgan fingerprint density at radius 2 is 1.77 bits per heavy atom. The number of aromatic nitrogens is 2. The minimum atomic E-state index is 0.211. The Morgan fingerprint density at radius 3 is 2.53 bits per heavy atom. The number of hydrogen-bond acceptors (Lipinski definition) is 5.